The molecule has 1 aromatic rings. The Labute approximate surface area is 94.8 Å². The molecule has 0 spiro atoms. The van der Waals surface area contributed by atoms with Crippen LogP contribution in [0.25, 0.3) is 0 Å². The molecule has 2 heteroatoms. The summed E-state index contributed by atoms with van der Waals surface area (Å²) in [5.74, 6) is 1.13. The van der Waals surface area contributed by atoms with E-state index in [1.807, 2.05) is 12.1 Å². The highest BCUT2D eigenvalue weighted by Crippen LogP contribution is 2.26. The first-order valence-electron chi connectivity index (χ1n) is 5.03. The molecule has 0 aliphatic rings. The lowest BCUT2D eigenvalue weighted by Gasteiger charge is -2.23. The molecule has 1 nitrogen and oxygen atoms in total. The van der Waals surface area contributed by atoms with Gasteiger partial charge in [0, 0.05) is 10.5 Å². The fourth-order valence-corrected chi connectivity index (χ4v) is 1.67. The van der Waals surface area contributed by atoms with Crippen molar-refractivity contribution < 1.29 is 0 Å². The van der Waals surface area contributed by atoms with E-state index in [2.05, 4.69) is 48.8 Å². The van der Waals surface area contributed by atoms with Gasteiger partial charge in [0.2, 0.25) is 0 Å². The highest BCUT2D eigenvalue weighted by molar-refractivity contribution is 9.10. The van der Waals surface area contributed by atoms with Crippen molar-refractivity contribution in [3.05, 3.63) is 34.3 Å². The fourth-order valence-electron chi connectivity index (χ4n) is 1.40. The van der Waals surface area contributed by atoms with Gasteiger partial charge >= 0.3 is 0 Å². The molecule has 0 aliphatic heterocycles. The SMILES string of the molecule is CC(C)C(C)C(N)c1ccc(Br)cc1. The minimum Gasteiger partial charge on any atom is -0.324 e. The van der Waals surface area contributed by atoms with E-state index in [0.717, 1.165) is 4.47 Å². The quantitative estimate of drug-likeness (QED) is 0.875. The number of hydrogen-bond acceptors (Lipinski definition) is 1. The second-order valence-corrected chi connectivity index (χ2v) is 5.10. The molecule has 0 fully saturated rings. The van der Waals surface area contributed by atoms with Gasteiger partial charge in [0.25, 0.3) is 0 Å². The molecule has 0 amide bonds. The van der Waals surface area contributed by atoms with E-state index in [9.17, 15) is 0 Å². The van der Waals surface area contributed by atoms with Crippen LogP contribution < -0.4 is 5.73 Å². The van der Waals surface area contributed by atoms with Crippen molar-refractivity contribution in [2.24, 2.45) is 17.6 Å². The maximum atomic E-state index is 6.17. The summed E-state index contributed by atoms with van der Waals surface area (Å²) in [5.41, 5.74) is 7.39. The molecule has 0 radical (unpaired) electrons. The zero-order valence-electron chi connectivity index (χ0n) is 9.00. The summed E-state index contributed by atoms with van der Waals surface area (Å²) in [6.07, 6.45) is 0. The van der Waals surface area contributed by atoms with Crippen molar-refractivity contribution in [2.75, 3.05) is 0 Å². The van der Waals surface area contributed by atoms with Gasteiger partial charge in [-0.3, -0.25) is 0 Å². The Bertz CT molecular complexity index is 279. The molecule has 2 atom stereocenters. The summed E-state index contributed by atoms with van der Waals surface area (Å²) in [6.45, 7) is 6.63. The van der Waals surface area contributed by atoms with E-state index in [4.69, 9.17) is 5.73 Å². The van der Waals surface area contributed by atoms with Crippen LogP contribution in [0.5, 0.6) is 0 Å². The number of hydrogen-bond donors (Lipinski definition) is 1. The molecular weight excluding hydrogens is 238 g/mol. The van der Waals surface area contributed by atoms with Crippen LogP contribution in [0.2, 0.25) is 0 Å². The van der Waals surface area contributed by atoms with Gasteiger partial charge in [-0.1, -0.05) is 48.8 Å². The standard InChI is InChI=1S/C12H18BrN/c1-8(2)9(3)12(14)10-4-6-11(13)7-5-10/h4-9,12H,14H2,1-3H3. The molecule has 78 valence electrons. The predicted molar refractivity (Wildman–Crippen MR) is 65.1 cm³/mol. The summed E-state index contributed by atoms with van der Waals surface area (Å²) >= 11 is 3.42. The normalized spacial score (nSPS) is 15.6. The highest BCUT2D eigenvalue weighted by atomic mass is 79.9. The minimum absolute atomic E-state index is 0.142. The third kappa shape index (κ3) is 2.82. The summed E-state index contributed by atoms with van der Waals surface area (Å²) in [4.78, 5) is 0. The Morgan fingerprint density at radius 2 is 1.57 bits per heavy atom. The predicted octanol–water partition coefficient (Wildman–Crippen LogP) is 3.74. The number of halogens is 1. The average Bonchev–Trinajstić information content (AvgIpc) is 2.16. The first kappa shape index (κ1) is 11.7. The zero-order chi connectivity index (χ0) is 10.7. The van der Waals surface area contributed by atoms with Gasteiger partial charge in [0.1, 0.15) is 0 Å². The van der Waals surface area contributed by atoms with Crippen LogP contribution in [0.4, 0.5) is 0 Å². The zero-order valence-corrected chi connectivity index (χ0v) is 10.6. The van der Waals surface area contributed by atoms with Crippen molar-refractivity contribution in [3.8, 4) is 0 Å². The molecule has 2 N–H and O–H groups in total. The van der Waals surface area contributed by atoms with Crippen LogP contribution in [0, 0.1) is 11.8 Å². The molecule has 0 saturated carbocycles. The molecule has 1 aromatic carbocycles. The van der Waals surface area contributed by atoms with E-state index in [-0.39, 0.29) is 6.04 Å². The van der Waals surface area contributed by atoms with E-state index >= 15 is 0 Å². The van der Waals surface area contributed by atoms with Crippen molar-refractivity contribution >= 4 is 15.9 Å². The van der Waals surface area contributed by atoms with Crippen LogP contribution in [0.3, 0.4) is 0 Å². The van der Waals surface area contributed by atoms with E-state index in [1.54, 1.807) is 0 Å². The maximum absolute atomic E-state index is 6.17. The molecule has 14 heavy (non-hydrogen) atoms. The lowest BCUT2D eigenvalue weighted by Crippen LogP contribution is -2.22. The van der Waals surface area contributed by atoms with Crippen LogP contribution >= 0.6 is 15.9 Å². The van der Waals surface area contributed by atoms with Gasteiger partial charge in [0.15, 0.2) is 0 Å². The third-order valence-electron chi connectivity index (χ3n) is 2.87. The average molecular weight is 256 g/mol. The van der Waals surface area contributed by atoms with Crippen molar-refractivity contribution in [3.63, 3.8) is 0 Å². The summed E-state index contributed by atoms with van der Waals surface area (Å²) in [5, 5.41) is 0. The van der Waals surface area contributed by atoms with Gasteiger partial charge < -0.3 is 5.73 Å². The Morgan fingerprint density at radius 3 is 2.00 bits per heavy atom. The van der Waals surface area contributed by atoms with Crippen LogP contribution in [-0.2, 0) is 0 Å². The van der Waals surface area contributed by atoms with Crippen molar-refractivity contribution in [2.45, 2.75) is 26.8 Å². The van der Waals surface area contributed by atoms with E-state index in [1.165, 1.54) is 5.56 Å². The summed E-state index contributed by atoms with van der Waals surface area (Å²) in [7, 11) is 0. The lowest BCUT2D eigenvalue weighted by atomic mass is 9.87. The first-order chi connectivity index (χ1) is 6.52. The summed E-state index contributed by atoms with van der Waals surface area (Å²) in [6, 6.07) is 8.41. The molecule has 1 rings (SSSR count). The molecule has 0 aromatic heterocycles. The number of rotatable bonds is 3. The molecule has 2 unspecified atom stereocenters. The Balaban J connectivity index is 2.78. The lowest BCUT2D eigenvalue weighted by molar-refractivity contribution is 0.352. The molecule has 0 saturated heterocycles. The van der Waals surface area contributed by atoms with Crippen LogP contribution in [-0.4, -0.2) is 0 Å². The van der Waals surface area contributed by atoms with Crippen LogP contribution in [0.1, 0.15) is 32.4 Å². The number of nitrogens with two attached hydrogens (primary N) is 1. The largest absolute Gasteiger partial charge is 0.324 e. The molecular formula is C12H18BrN. The fraction of sp³-hybridized carbons (Fsp3) is 0.500. The van der Waals surface area contributed by atoms with Gasteiger partial charge in [-0.2, -0.15) is 0 Å². The maximum Gasteiger partial charge on any atom is 0.0323 e. The van der Waals surface area contributed by atoms with Gasteiger partial charge in [-0.25, -0.2) is 0 Å². The minimum atomic E-state index is 0.142. The highest BCUT2D eigenvalue weighted by Gasteiger charge is 2.17. The Kier molecular flexibility index (Phi) is 4.14. The second kappa shape index (κ2) is 4.94. The topological polar surface area (TPSA) is 26.0 Å². The van der Waals surface area contributed by atoms with E-state index < -0.39 is 0 Å². The first-order valence-corrected chi connectivity index (χ1v) is 5.82. The smallest absolute Gasteiger partial charge is 0.0323 e. The molecule has 0 bridgehead atoms. The molecule has 0 aliphatic carbocycles. The monoisotopic (exact) mass is 255 g/mol. The van der Waals surface area contributed by atoms with Crippen molar-refractivity contribution in [1.82, 2.24) is 0 Å². The second-order valence-electron chi connectivity index (χ2n) is 4.18. The van der Waals surface area contributed by atoms with Gasteiger partial charge in [-0.15, -0.1) is 0 Å². The Hall–Kier alpha value is -0.340. The number of benzene rings is 1. The van der Waals surface area contributed by atoms with E-state index in [0.29, 0.717) is 11.8 Å². The molecule has 0 heterocycles. The Morgan fingerprint density at radius 1 is 1.07 bits per heavy atom. The van der Waals surface area contributed by atoms with Gasteiger partial charge in [-0.05, 0) is 29.5 Å². The van der Waals surface area contributed by atoms with Gasteiger partial charge in [0.05, 0.1) is 0 Å². The third-order valence-corrected chi connectivity index (χ3v) is 3.40. The van der Waals surface area contributed by atoms with Crippen LogP contribution in [0.15, 0.2) is 28.7 Å². The van der Waals surface area contributed by atoms with Crippen molar-refractivity contribution in [1.29, 1.82) is 0 Å². The summed E-state index contributed by atoms with van der Waals surface area (Å²) < 4.78 is 1.10.